The average Bonchev–Trinajstić information content (AvgIpc) is 3.16. The first-order chi connectivity index (χ1) is 10.6. The van der Waals surface area contributed by atoms with Gasteiger partial charge in [0.1, 0.15) is 11.6 Å². The molecule has 1 saturated heterocycles. The number of aliphatic hydroxyl groups is 1. The zero-order valence-electron chi connectivity index (χ0n) is 13.3. The van der Waals surface area contributed by atoms with Gasteiger partial charge in [-0.05, 0) is 39.3 Å². The number of hydrogen-bond acceptors (Lipinski definition) is 5. The standard InChI is InChI=1S/C15H24N6O/c1-12-17-13(2)21(18-12)9-14-5-3-7-19(14)10-15(22)11-20-8-4-6-16-20/h4,6,8,14-15,22H,3,5,7,9-11H2,1-2H3. The summed E-state index contributed by atoms with van der Waals surface area (Å²) in [6.45, 7) is 7.01. The molecule has 0 aromatic carbocycles. The number of nitrogens with zero attached hydrogens (tertiary/aromatic N) is 6. The van der Waals surface area contributed by atoms with Crippen molar-refractivity contribution in [1.82, 2.24) is 29.4 Å². The van der Waals surface area contributed by atoms with E-state index in [1.165, 1.54) is 6.42 Å². The second-order valence-electron chi connectivity index (χ2n) is 6.06. The lowest BCUT2D eigenvalue weighted by Crippen LogP contribution is -2.40. The molecule has 2 unspecified atom stereocenters. The molecule has 2 aromatic heterocycles. The molecule has 2 atom stereocenters. The summed E-state index contributed by atoms with van der Waals surface area (Å²) >= 11 is 0. The van der Waals surface area contributed by atoms with Crippen LogP contribution < -0.4 is 0 Å². The van der Waals surface area contributed by atoms with Gasteiger partial charge in [-0.25, -0.2) is 9.67 Å². The molecule has 0 radical (unpaired) electrons. The molecule has 3 rings (SSSR count). The highest BCUT2D eigenvalue weighted by atomic mass is 16.3. The lowest BCUT2D eigenvalue weighted by molar-refractivity contribution is 0.0845. The second kappa shape index (κ2) is 6.58. The summed E-state index contributed by atoms with van der Waals surface area (Å²) < 4.78 is 3.76. The zero-order chi connectivity index (χ0) is 15.5. The van der Waals surface area contributed by atoms with Crippen LogP contribution in [0.15, 0.2) is 18.5 Å². The van der Waals surface area contributed by atoms with Crippen molar-refractivity contribution in [3.63, 3.8) is 0 Å². The SMILES string of the molecule is Cc1nc(C)n(CC2CCCN2CC(O)Cn2cccn2)n1. The van der Waals surface area contributed by atoms with Crippen LogP contribution in [-0.4, -0.2) is 59.8 Å². The maximum absolute atomic E-state index is 10.3. The van der Waals surface area contributed by atoms with Gasteiger partial charge in [-0.1, -0.05) is 0 Å². The summed E-state index contributed by atoms with van der Waals surface area (Å²) in [6.07, 6.45) is 5.53. The van der Waals surface area contributed by atoms with Crippen molar-refractivity contribution < 1.29 is 5.11 Å². The first kappa shape index (κ1) is 15.2. The van der Waals surface area contributed by atoms with Crippen LogP contribution in [0.5, 0.6) is 0 Å². The van der Waals surface area contributed by atoms with Gasteiger partial charge in [-0.2, -0.15) is 10.2 Å². The van der Waals surface area contributed by atoms with E-state index in [1.807, 2.05) is 30.8 Å². The monoisotopic (exact) mass is 304 g/mol. The number of likely N-dealkylation sites (tertiary alicyclic amines) is 1. The van der Waals surface area contributed by atoms with Gasteiger partial charge >= 0.3 is 0 Å². The molecule has 1 aliphatic rings. The second-order valence-corrected chi connectivity index (χ2v) is 6.06. The highest BCUT2D eigenvalue weighted by Gasteiger charge is 2.27. The Morgan fingerprint density at radius 2 is 2.23 bits per heavy atom. The molecule has 7 nitrogen and oxygen atoms in total. The van der Waals surface area contributed by atoms with Crippen molar-refractivity contribution in [3.8, 4) is 0 Å². The molecule has 22 heavy (non-hydrogen) atoms. The highest BCUT2D eigenvalue weighted by Crippen LogP contribution is 2.19. The van der Waals surface area contributed by atoms with E-state index in [0.717, 1.165) is 31.2 Å². The Hall–Kier alpha value is -1.73. The van der Waals surface area contributed by atoms with Gasteiger partial charge in [0.2, 0.25) is 0 Å². The van der Waals surface area contributed by atoms with E-state index >= 15 is 0 Å². The number of aryl methyl sites for hydroxylation is 2. The van der Waals surface area contributed by atoms with Crippen LogP contribution >= 0.6 is 0 Å². The molecule has 0 amide bonds. The minimum absolute atomic E-state index is 0.404. The third-order valence-electron chi connectivity index (χ3n) is 4.25. The van der Waals surface area contributed by atoms with Crippen molar-refractivity contribution in [3.05, 3.63) is 30.1 Å². The van der Waals surface area contributed by atoms with Crippen molar-refractivity contribution in [2.24, 2.45) is 0 Å². The fraction of sp³-hybridized carbons (Fsp3) is 0.667. The normalized spacial score (nSPS) is 20.6. The van der Waals surface area contributed by atoms with Crippen LogP contribution in [0, 0.1) is 13.8 Å². The van der Waals surface area contributed by atoms with Gasteiger partial charge in [0.15, 0.2) is 0 Å². The summed E-state index contributed by atoms with van der Waals surface area (Å²) in [6, 6.07) is 2.30. The molecule has 3 heterocycles. The smallest absolute Gasteiger partial charge is 0.147 e. The lowest BCUT2D eigenvalue weighted by atomic mass is 10.2. The Balaban J connectivity index is 1.57. The van der Waals surface area contributed by atoms with Crippen LogP contribution in [0.1, 0.15) is 24.5 Å². The van der Waals surface area contributed by atoms with E-state index in [-0.39, 0.29) is 0 Å². The fourth-order valence-electron chi connectivity index (χ4n) is 3.23. The van der Waals surface area contributed by atoms with Gasteiger partial charge in [0.25, 0.3) is 0 Å². The van der Waals surface area contributed by atoms with E-state index in [9.17, 15) is 5.11 Å². The first-order valence-corrected chi connectivity index (χ1v) is 7.89. The van der Waals surface area contributed by atoms with Gasteiger partial charge in [-0.15, -0.1) is 0 Å². The summed E-state index contributed by atoms with van der Waals surface area (Å²) in [4.78, 5) is 6.73. The summed E-state index contributed by atoms with van der Waals surface area (Å²) in [5.41, 5.74) is 0. The Morgan fingerprint density at radius 3 is 2.91 bits per heavy atom. The molecule has 0 saturated carbocycles. The number of aromatic nitrogens is 5. The molecular weight excluding hydrogens is 280 g/mol. The minimum Gasteiger partial charge on any atom is -0.390 e. The largest absolute Gasteiger partial charge is 0.390 e. The number of aliphatic hydroxyl groups excluding tert-OH is 1. The molecular formula is C15H24N6O. The van der Waals surface area contributed by atoms with E-state index in [1.54, 1.807) is 10.9 Å². The Labute approximate surface area is 130 Å². The zero-order valence-corrected chi connectivity index (χ0v) is 13.3. The van der Waals surface area contributed by atoms with Gasteiger partial charge < -0.3 is 5.11 Å². The topological polar surface area (TPSA) is 72.0 Å². The van der Waals surface area contributed by atoms with Crippen molar-refractivity contribution in [2.75, 3.05) is 13.1 Å². The van der Waals surface area contributed by atoms with Crippen LogP contribution in [0.2, 0.25) is 0 Å². The van der Waals surface area contributed by atoms with Crippen LogP contribution in [-0.2, 0) is 13.1 Å². The van der Waals surface area contributed by atoms with Crippen LogP contribution in [0.25, 0.3) is 0 Å². The molecule has 0 aliphatic carbocycles. The van der Waals surface area contributed by atoms with Crippen molar-refractivity contribution in [2.45, 2.75) is 51.9 Å². The van der Waals surface area contributed by atoms with Crippen LogP contribution in [0.3, 0.4) is 0 Å². The van der Waals surface area contributed by atoms with Crippen molar-refractivity contribution in [1.29, 1.82) is 0 Å². The molecule has 0 spiro atoms. The molecule has 7 heteroatoms. The average molecular weight is 304 g/mol. The third kappa shape index (κ3) is 3.53. The lowest BCUT2D eigenvalue weighted by Gasteiger charge is -2.27. The van der Waals surface area contributed by atoms with Gasteiger partial charge in [-0.3, -0.25) is 9.58 Å². The number of β-amino-alcohol motifs (C(OH)–C–C–N with tert-alkyl or cyclic N) is 1. The fourth-order valence-corrected chi connectivity index (χ4v) is 3.23. The summed E-state index contributed by atoms with van der Waals surface area (Å²) in [5, 5.41) is 18.9. The summed E-state index contributed by atoms with van der Waals surface area (Å²) in [5.74, 6) is 1.78. The van der Waals surface area contributed by atoms with Gasteiger partial charge in [0, 0.05) is 25.0 Å². The quantitative estimate of drug-likeness (QED) is 0.847. The van der Waals surface area contributed by atoms with E-state index in [2.05, 4.69) is 20.1 Å². The van der Waals surface area contributed by atoms with Crippen LogP contribution in [0.4, 0.5) is 0 Å². The molecule has 1 fully saturated rings. The van der Waals surface area contributed by atoms with E-state index < -0.39 is 6.10 Å². The molecule has 1 N–H and O–H groups in total. The first-order valence-electron chi connectivity index (χ1n) is 7.89. The number of rotatable bonds is 6. The third-order valence-corrected chi connectivity index (χ3v) is 4.25. The molecule has 0 bridgehead atoms. The predicted octanol–water partition coefficient (Wildman–Crippen LogP) is 0.617. The molecule has 120 valence electrons. The Bertz CT molecular complexity index is 593. The minimum atomic E-state index is -0.404. The maximum atomic E-state index is 10.3. The van der Waals surface area contributed by atoms with E-state index in [4.69, 9.17) is 0 Å². The summed E-state index contributed by atoms with van der Waals surface area (Å²) in [7, 11) is 0. The molecule has 1 aliphatic heterocycles. The van der Waals surface area contributed by atoms with Crippen molar-refractivity contribution >= 4 is 0 Å². The molecule has 2 aromatic rings. The predicted molar refractivity (Wildman–Crippen MR) is 82.3 cm³/mol. The van der Waals surface area contributed by atoms with E-state index in [0.29, 0.717) is 19.1 Å². The Kier molecular flexibility index (Phi) is 4.54. The highest BCUT2D eigenvalue weighted by molar-refractivity contribution is 4.90. The Morgan fingerprint density at radius 1 is 1.36 bits per heavy atom. The maximum Gasteiger partial charge on any atom is 0.147 e. The van der Waals surface area contributed by atoms with Gasteiger partial charge in [0.05, 0.1) is 19.2 Å². The number of hydrogen-bond donors (Lipinski definition) is 1.